The van der Waals surface area contributed by atoms with Crippen molar-refractivity contribution in [1.82, 2.24) is 0 Å². The summed E-state index contributed by atoms with van der Waals surface area (Å²) in [6, 6.07) is 21.1. The number of hydrogen-bond acceptors (Lipinski definition) is 0. The van der Waals surface area contributed by atoms with Gasteiger partial charge in [-0.25, -0.2) is 0 Å². The van der Waals surface area contributed by atoms with Gasteiger partial charge in [0, 0.05) is 0 Å². The first-order valence-electron chi connectivity index (χ1n) is 8.38. The fraction of sp³-hybridized carbons (Fsp3) is 0.400. The molecule has 2 aromatic carbocycles. The van der Waals surface area contributed by atoms with Crippen LogP contribution >= 0.6 is 22.2 Å². The average Bonchev–Trinajstić information content (AvgIpc) is 2.54. The summed E-state index contributed by atoms with van der Waals surface area (Å²) in [6.45, 7) is 13.2. The maximum Gasteiger partial charge on any atom is 0.222 e. The molecule has 0 fully saturated rings. The van der Waals surface area contributed by atoms with Crippen molar-refractivity contribution >= 4 is 48.7 Å². The minimum Gasteiger partial charge on any atom is -0.176 e. The highest BCUT2D eigenvalue weighted by molar-refractivity contribution is 7.35. The molecule has 2 rings (SSSR count). The molecular weight excluding hydrogens is 367 g/mol. The average molecular weight is 398 g/mol. The molecule has 0 amide bonds. The molecule has 0 atom stereocenters. The SMILES string of the molecule is CC(C)(C)[SiH2]Cl.CC(C)(C)[Si](Cl)(c1ccccc1)c1ccccc1. The predicted molar refractivity (Wildman–Crippen MR) is 118 cm³/mol. The summed E-state index contributed by atoms with van der Waals surface area (Å²) in [5.41, 5.74) is 0. The quantitative estimate of drug-likeness (QED) is 0.476. The lowest BCUT2D eigenvalue weighted by atomic mass is 10.2. The summed E-state index contributed by atoms with van der Waals surface area (Å²) in [5, 5.41) is 3.08. The van der Waals surface area contributed by atoms with Gasteiger partial charge in [0.1, 0.15) is 8.83 Å². The molecule has 0 spiro atoms. The van der Waals surface area contributed by atoms with E-state index in [1.54, 1.807) is 0 Å². The van der Waals surface area contributed by atoms with Crippen molar-refractivity contribution in [2.75, 3.05) is 0 Å². The highest BCUT2D eigenvalue weighted by atomic mass is 35.6. The van der Waals surface area contributed by atoms with Crippen LogP contribution in [-0.2, 0) is 0 Å². The van der Waals surface area contributed by atoms with Crippen LogP contribution in [0.15, 0.2) is 60.7 Å². The maximum atomic E-state index is 7.21. The van der Waals surface area contributed by atoms with Gasteiger partial charge in [-0.15, -0.1) is 0 Å². The zero-order valence-electron chi connectivity index (χ0n) is 15.7. The van der Waals surface area contributed by atoms with Crippen molar-refractivity contribution in [3.8, 4) is 0 Å². The Morgan fingerprint density at radius 3 is 1.21 bits per heavy atom. The molecule has 0 aliphatic carbocycles. The van der Waals surface area contributed by atoms with Crippen LogP contribution < -0.4 is 10.4 Å². The zero-order chi connectivity index (χ0) is 18.4. The first-order chi connectivity index (χ1) is 11.0. The fourth-order valence-corrected chi connectivity index (χ4v) is 6.49. The van der Waals surface area contributed by atoms with Gasteiger partial charge in [0.25, 0.3) is 0 Å². The van der Waals surface area contributed by atoms with Crippen LogP contribution in [-0.4, -0.2) is 16.2 Å². The van der Waals surface area contributed by atoms with Gasteiger partial charge in [-0.3, -0.25) is 0 Å². The summed E-state index contributed by atoms with van der Waals surface area (Å²) < 4.78 is 0. The van der Waals surface area contributed by atoms with E-state index in [0.29, 0.717) is 5.04 Å². The smallest absolute Gasteiger partial charge is 0.176 e. The van der Waals surface area contributed by atoms with Crippen molar-refractivity contribution < 1.29 is 0 Å². The van der Waals surface area contributed by atoms with Gasteiger partial charge < -0.3 is 0 Å². The van der Waals surface area contributed by atoms with Gasteiger partial charge >= 0.3 is 0 Å². The number of halogens is 2. The van der Waals surface area contributed by atoms with Crippen molar-refractivity contribution in [2.24, 2.45) is 0 Å². The van der Waals surface area contributed by atoms with E-state index >= 15 is 0 Å². The third-order valence-electron chi connectivity index (χ3n) is 3.78. The second kappa shape index (κ2) is 8.71. The lowest BCUT2D eigenvalue weighted by Crippen LogP contribution is -2.59. The predicted octanol–water partition coefficient (Wildman–Crippen LogP) is 5.31. The second-order valence-corrected chi connectivity index (χ2v) is 17.2. The van der Waals surface area contributed by atoms with Crippen LogP contribution in [0.5, 0.6) is 0 Å². The van der Waals surface area contributed by atoms with Crippen molar-refractivity contribution in [1.29, 1.82) is 0 Å². The summed E-state index contributed by atoms with van der Waals surface area (Å²) in [4.78, 5) is 0. The molecule has 0 aromatic heterocycles. The highest BCUT2D eigenvalue weighted by Gasteiger charge is 2.46. The Balaban J connectivity index is 0.000000413. The van der Waals surface area contributed by atoms with E-state index in [0.717, 1.165) is 0 Å². The van der Waals surface area contributed by atoms with E-state index in [1.165, 1.54) is 10.4 Å². The monoisotopic (exact) mass is 396 g/mol. The lowest BCUT2D eigenvalue weighted by Gasteiger charge is -2.38. The Labute approximate surface area is 160 Å². The summed E-state index contributed by atoms with van der Waals surface area (Å²) in [6.07, 6.45) is 0. The molecule has 0 aliphatic heterocycles. The minimum absolute atomic E-state index is 0.0667. The Kier molecular flexibility index (Phi) is 7.80. The summed E-state index contributed by atoms with van der Waals surface area (Å²) >= 11 is 12.8. The van der Waals surface area contributed by atoms with Crippen LogP contribution in [0.3, 0.4) is 0 Å². The first kappa shape index (κ1) is 21.5. The minimum atomic E-state index is -2.23. The first-order valence-corrected chi connectivity index (χ1v) is 14.2. The maximum absolute atomic E-state index is 7.21. The Morgan fingerprint density at radius 2 is 1.00 bits per heavy atom. The molecule has 0 unspecified atom stereocenters. The number of benzene rings is 2. The van der Waals surface area contributed by atoms with E-state index in [-0.39, 0.29) is 13.9 Å². The topological polar surface area (TPSA) is 0 Å². The third kappa shape index (κ3) is 5.77. The molecule has 2 aromatic rings. The van der Waals surface area contributed by atoms with Crippen molar-refractivity contribution in [2.45, 2.75) is 51.6 Å². The van der Waals surface area contributed by atoms with Crippen LogP contribution in [0.25, 0.3) is 0 Å². The molecule has 132 valence electrons. The van der Waals surface area contributed by atoms with E-state index in [4.69, 9.17) is 22.2 Å². The Morgan fingerprint density at radius 1 is 0.708 bits per heavy atom. The lowest BCUT2D eigenvalue weighted by molar-refractivity contribution is 0.744. The molecule has 0 radical (unpaired) electrons. The van der Waals surface area contributed by atoms with Gasteiger partial charge in [-0.05, 0) is 20.4 Å². The Bertz CT molecular complexity index is 560. The normalized spacial score (nSPS) is 12.8. The highest BCUT2D eigenvalue weighted by Crippen LogP contribution is 2.38. The van der Waals surface area contributed by atoms with Gasteiger partial charge in [0.2, 0.25) is 7.38 Å². The number of rotatable bonds is 2. The van der Waals surface area contributed by atoms with Crippen LogP contribution in [0.4, 0.5) is 0 Å². The van der Waals surface area contributed by atoms with Gasteiger partial charge in [0.15, 0.2) is 0 Å². The molecule has 0 nitrogen and oxygen atoms in total. The molecule has 0 saturated carbocycles. The third-order valence-corrected chi connectivity index (χ3v) is 14.3. The molecule has 0 N–H and O–H groups in total. The van der Waals surface area contributed by atoms with Gasteiger partial charge in [-0.2, -0.15) is 22.2 Å². The molecule has 4 heteroatoms. The van der Waals surface area contributed by atoms with Gasteiger partial charge in [0.05, 0.1) is 0 Å². The molecule has 0 saturated heterocycles. The molecular formula is C20H30Cl2Si2. The van der Waals surface area contributed by atoms with Gasteiger partial charge in [-0.1, -0.05) is 102 Å². The number of hydrogen-bond donors (Lipinski definition) is 0. The van der Waals surface area contributed by atoms with Crippen LogP contribution in [0.1, 0.15) is 41.5 Å². The Hall–Kier alpha value is -0.546. The van der Waals surface area contributed by atoms with E-state index in [9.17, 15) is 0 Å². The zero-order valence-corrected chi connectivity index (χ0v) is 19.7. The van der Waals surface area contributed by atoms with Crippen LogP contribution in [0.2, 0.25) is 10.1 Å². The summed E-state index contributed by atoms with van der Waals surface area (Å²) in [5.74, 6) is 0. The fourth-order valence-electron chi connectivity index (χ4n) is 2.37. The van der Waals surface area contributed by atoms with Crippen molar-refractivity contribution in [3.05, 3.63) is 60.7 Å². The molecule has 0 heterocycles. The second-order valence-electron chi connectivity index (χ2n) is 8.33. The van der Waals surface area contributed by atoms with E-state index < -0.39 is 7.38 Å². The largest absolute Gasteiger partial charge is 0.222 e. The van der Waals surface area contributed by atoms with E-state index in [1.807, 2.05) is 12.1 Å². The standard InChI is InChI=1S/C16H19ClSi.C4H11ClSi/c1-16(2,3)18(17,14-10-6-4-7-11-14)15-12-8-5-9-13-15;1-4(2,3)6-5/h4-13H,1-3H3;6H2,1-3H3. The summed E-state index contributed by atoms with van der Waals surface area (Å²) in [7, 11) is -2.51. The van der Waals surface area contributed by atoms with Crippen molar-refractivity contribution in [3.63, 3.8) is 0 Å². The molecule has 24 heavy (non-hydrogen) atoms. The molecule has 0 bridgehead atoms. The molecule has 0 aliphatic rings. The van der Waals surface area contributed by atoms with Crippen LogP contribution in [0, 0.1) is 0 Å². The van der Waals surface area contributed by atoms with E-state index in [2.05, 4.69) is 90.1 Å².